The molecule has 0 spiro atoms. The Hall–Kier alpha value is -1.99. The van der Waals surface area contributed by atoms with Gasteiger partial charge in [-0.05, 0) is 63.1 Å². The van der Waals surface area contributed by atoms with Crippen molar-refractivity contribution in [1.82, 2.24) is 4.90 Å². The van der Waals surface area contributed by atoms with Crippen LogP contribution in [0.4, 0.5) is 0 Å². The van der Waals surface area contributed by atoms with Crippen molar-refractivity contribution < 1.29 is 22.4 Å². The lowest BCUT2D eigenvalue weighted by Crippen LogP contribution is -2.46. The second kappa shape index (κ2) is 8.17. The molecular formula is C20H24ClNO5S. The largest absolute Gasteiger partial charge is 0.481 e. The van der Waals surface area contributed by atoms with E-state index in [1.165, 1.54) is 0 Å². The fourth-order valence-corrected chi connectivity index (χ4v) is 5.17. The van der Waals surface area contributed by atoms with Crippen molar-refractivity contribution in [2.75, 3.05) is 11.5 Å². The Kier molecular flexibility index (Phi) is 6.05. The molecular weight excluding hydrogens is 402 g/mol. The van der Waals surface area contributed by atoms with E-state index < -0.39 is 15.9 Å². The van der Waals surface area contributed by atoms with Crippen LogP contribution in [0.3, 0.4) is 0 Å². The molecule has 0 radical (unpaired) electrons. The molecule has 0 aliphatic carbocycles. The summed E-state index contributed by atoms with van der Waals surface area (Å²) in [5.74, 6) is 1.67. The Morgan fingerprint density at radius 3 is 2.64 bits per heavy atom. The molecule has 8 heteroatoms. The van der Waals surface area contributed by atoms with Gasteiger partial charge in [0.25, 0.3) is 5.91 Å². The average molecular weight is 426 g/mol. The second-order valence-electron chi connectivity index (χ2n) is 7.21. The third kappa shape index (κ3) is 4.89. The molecule has 1 fully saturated rings. The first-order valence-electron chi connectivity index (χ1n) is 9.13. The van der Waals surface area contributed by atoms with Gasteiger partial charge in [-0.1, -0.05) is 11.6 Å². The van der Waals surface area contributed by atoms with E-state index in [2.05, 4.69) is 0 Å². The number of rotatable bonds is 6. The molecule has 6 nitrogen and oxygen atoms in total. The maximum Gasteiger partial charge on any atom is 0.264 e. The van der Waals surface area contributed by atoms with Crippen molar-refractivity contribution in [3.63, 3.8) is 0 Å². The molecule has 0 bridgehead atoms. The predicted molar refractivity (Wildman–Crippen MR) is 107 cm³/mol. The van der Waals surface area contributed by atoms with Gasteiger partial charge in [0, 0.05) is 11.1 Å². The molecule has 2 heterocycles. The van der Waals surface area contributed by atoms with Crippen LogP contribution >= 0.6 is 11.6 Å². The molecule has 0 N–H and O–H groups in total. The van der Waals surface area contributed by atoms with E-state index in [1.807, 2.05) is 19.9 Å². The molecule has 2 aromatic rings. The van der Waals surface area contributed by atoms with Gasteiger partial charge in [-0.2, -0.15) is 0 Å². The van der Waals surface area contributed by atoms with E-state index in [-0.39, 0.29) is 30.0 Å². The topological polar surface area (TPSA) is 76.8 Å². The number of benzene rings is 1. The first-order chi connectivity index (χ1) is 13.1. The van der Waals surface area contributed by atoms with Gasteiger partial charge in [0.05, 0.1) is 18.1 Å². The number of amides is 1. The molecule has 3 rings (SSSR count). The zero-order valence-corrected chi connectivity index (χ0v) is 17.7. The Morgan fingerprint density at radius 1 is 1.32 bits per heavy atom. The number of hydrogen-bond acceptors (Lipinski definition) is 5. The second-order valence-corrected chi connectivity index (χ2v) is 9.84. The number of furan rings is 1. The molecule has 2 unspecified atom stereocenters. The fourth-order valence-electron chi connectivity index (χ4n) is 3.32. The highest BCUT2D eigenvalue weighted by Gasteiger charge is 2.37. The van der Waals surface area contributed by atoms with Crippen molar-refractivity contribution in [3.05, 3.63) is 52.4 Å². The van der Waals surface area contributed by atoms with Crippen LogP contribution in [0.15, 0.2) is 34.7 Å². The first-order valence-corrected chi connectivity index (χ1v) is 11.3. The molecule has 1 saturated heterocycles. The number of halogens is 1. The van der Waals surface area contributed by atoms with Gasteiger partial charge in [-0.15, -0.1) is 0 Å². The van der Waals surface area contributed by atoms with Crippen LogP contribution in [0, 0.1) is 13.8 Å². The highest BCUT2D eigenvalue weighted by Crippen LogP contribution is 2.25. The van der Waals surface area contributed by atoms with Crippen molar-refractivity contribution in [1.29, 1.82) is 0 Å². The van der Waals surface area contributed by atoms with Crippen molar-refractivity contribution in [2.45, 2.75) is 45.9 Å². The van der Waals surface area contributed by atoms with E-state index in [9.17, 15) is 13.2 Å². The van der Waals surface area contributed by atoms with Crippen molar-refractivity contribution in [3.8, 4) is 5.75 Å². The summed E-state index contributed by atoms with van der Waals surface area (Å²) in [5, 5.41) is 0.623. The van der Waals surface area contributed by atoms with Gasteiger partial charge in [0.1, 0.15) is 17.3 Å². The summed E-state index contributed by atoms with van der Waals surface area (Å²) < 4.78 is 35.3. The van der Waals surface area contributed by atoms with Crippen LogP contribution in [0.1, 0.15) is 30.4 Å². The van der Waals surface area contributed by atoms with E-state index in [0.29, 0.717) is 23.0 Å². The van der Waals surface area contributed by atoms with Crippen molar-refractivity contribution in [2.24, 2.45) is 0 Å². The Bertz CT molecular complexity index is 969. The number of hydrogen-bond donors (Lipinski definition) is 0. The monoisotopic (exact) mass is 425 g/mol. The van der Waals surface area contributed by atoms with Gasteiger partial charge >= 0.3 is 0 Å². The number of aryl methyl sites for hydroxylation is 2. The zero-order valence-electron chi connectivity index (χ0n) is 16.1. The van der Waals surface area contributed by atoms with E-state index in [4.69, 9.17) is 20.8 Å². The van der Waals surface area contributed by atoms with Crippen LogP contribution < -0.4 is 4.74 Å². The molecule has 1 aromatic carbocycles. The normalized spacial score (nSPS) is 19.4. The van der Waals surface area contributed by atoms with Gasteiger partial charge in [0.15, 0.2) is 15.9 Å². The van der Waals surface area contributed by atoms with Crippen LogP contribution in [-0.2, 0) is 21.2 Å². The summed E-state index contributed by atoms with van der Waals surface area (Å²) in [7, 11) is -3.14. The lowest BCUT2D eigenvalue weighted by atomic mass is 10.2. The zero-order chi connectivity index (χ0) is 20.5. The summed E-state index contributed by atoms with van der Waals surface area (Å²) in [6.45, 7) is 5.55. The lowest BCUT2D eigenvalue weighted by molar-refractivity contribution is -0.140. The third-order valence-electron chi connectivity index (χ3n) is 4.84. The minimum atomic E-state index is -3.14. The standard InChI is InChI=1S/C20H24ClNO5S/c1-13-10-17(6-7-19(13)21)27-15(3)20(23)22(11-18-5-4-14(2)26-18)16-8-9-28(24,25)12-16/h4-7,10,15-16H,8-9,11-12H2,1-3H3. The Morgan fingerprint density at radius 2 is 2.07 bits per heavy atom. The van der Waals surface area contributed by atoms with Crippen LogP contribution in [0.2, 0.25) is 5.02 Å². The Balaban J connectivity index is 1.79. The van der Waals surface area contributed by atoms with Crippen LogP contribution in [-0.4, -0.2) is 42.9 Å². The van der Waals surface area contributed by atoms with Crippen molar-refractivity contribution >= 4 is 27.3 Å². The molecule has 1 aliphatic rings. The van der Waals surface area contributed by atoms with Gasteiger partial charge < -0.3 is 14.1 Å². The van der Waals surface area contributed by atoms with Gasteiger partial charge in [-0.25, -0.2) is 8.42 Å². The van der Waals surface area contributed by atoms with E-state index >= 15 is 0 Å². The number of nitrogens with zero attached hydrogens (tertiary/aromatic N) is 1. The number of carbonyl (C=O) groups is 1. The quantitative estimate of drug-likeness (QED) is 0.707. The molecule has 1 aliphatic heterocycles. The average Bonchev–Trinajstić information content (AvgIpc) is 3.20. The maximum atomic E-state index is 13.1. The minimum Gasteiger partial charge on any atom is -0.481 e. The number of carbonyl (C=O) groups excluding carboxylic acids is 1. The van der Waals surface area contributed by atoms with Gasteiger partial charge in [0.2, 0.25) is 0 Å². The van der Waals surface area contributed by atoms with Gasteiger partial charge in [-0.3, -0.25) is 4.79 Å². The predicted octanol–water partition coefficient (Wildman–Crippen LogP) is 3.53. The van der Waals surface area contributed by atoms with E-state index in [1.54, 1.807) is 36.1 Å². The molecule has 28 heavy (non-hydrogen) atoms. The molecule has 2 atom stereocenters. The molecule has 1 amide bonds. The summed E-state index contributed by atoms with van der Waals surface area (Å²) >= 11 is 6.04. The van der Waals surface area contributed by atoms with E-state index in [0.717, 1.165) is 11.3 Å². The maximum absolute atomic E-state index is 13.1. The summed E-state index contributed by atoms with van der Waals surface area (Å²) in [4.78, 5) is 14.7. The minimum absolute atomic E-state index is 0.0365. The summed E-state index contributed by atoms with van der Waals surface area (Å²) in [6.07, 6.45) is -0.361. The SMILES string of the molecule is Cc1ccc(CN(C(=O)C(C)Oc2ccc(Cl)c(C)c2)C2CCS(=O)(=O)C2)o1. The smallest absolute Gasteiger partial charge is 0.264 e. The number of sulfone groups is 1. The first kappa shape index (κ1) is 20.7. The number of ether oxygens (including phenoxy) is 1. The summed E-state index contributed by atoms with van der Waals surface area (Å²) in [5.41, 5.74) is 0.851. The Labute approximate surface area is 170 Å². The highest BCUT2D eigenvalue weighted by atomic mass is 35.5. The van der Waals surface area contributed by atoms with Crippen LogP contribution in [0.25, 0.3) is 0 Å². The molecule has 152 valence electrons. The fraction of sp³-hybridized carbons (Fsp3) is 0.450. The third-order valence-corrected chi connectivity index (χ3v) is 7.02. The lowest BCUT2D eigenvalue weighted by Gasteiger charge is -2.30. The summed E-state index contributed by atoms with van der Waals surface area (Å²) in [6, 6.07) is 8.43. The van der Waals surface area contributed by atoms with Crippen LogP contribution in [0.5, 0.6) is 5.75 Å². The molecule has 0 saturated carbocycles. The molecule has 1 aromatic heterocycles. The highest BCUT2D eigenvalue weighted by molar-refractivity contribution is 7.91.